The van der Waals surface area contributed by atoms with Crippen LogP contribution in [-0.2, 0) is 11.2 Å². The zero-order chi connectivity index (χ0) is 15.1. The molecular weight excluding hydrogens is 282 g/mol. The number of para-hydroxylation sites is 1. The van der Waals surface area contributed by atoms with Gasteiger partial charge in [0.25, 0.3) is 0 Å². The first-order valence-electron chi connectivity index (χ1n) is 7.23. The van der Waals surface area contributed by atoms with Crippen molar-refractivity contribution in [3.05, 3.63) is 47.5 Å². The quantitative estimate of drug-likeness (QED) is 0.849. The molecule has 2 aromatic carbocycles. The van der Waals surface area contributed by atoms with Gasteiger partial charge in [-0.2, -0.15) is 0 Å². The van der Waals surface area contributed by atoms with Crippen LogP contribution in [0.25, 0.3) is 0 Å². The number of hydrogen-bond donors (Lipinski definition) is 2. The minimum absolute atomic E-state index is 0.0651. The maximum Gasteiger partial charge on any atom is 0.232 e. The molecule has 112 valence electrons. The molecule has 1 amide bonds. The zero-order valence-electron chi connectivity index (χ0n) is 11.8. The van der Waals surface area contributed by atoms with Crippen LogP contribution in [0.4, 0.5) is 5.69 Å². The number of ether oxygens (including phenoxy) is 2. The Kier molecular flexibility index (Phi) is 2.92. The van der Waals surface area contributed by atoms with Crippen LogP contribution in [0, 0.1) is 0 Å². The Morgan fingerprint density at radius 3 is 2.77 bits per heavy atom. The smallest absolute Gasteiger partial charge is 0.232 e. The molecule has 2 aromatic rings. The highest BCUT2D eigenvalue weighted by Gasteiger charge is 2.29. The van der Waals surface area contributed by atoms with Crippen molar-refractivity contribution in [1.82, 2.24) is 0 Å². The molecule has 22 heavy (non-hydrogen) atoms. The lowest BCUT2D eigenvalue weighted by molar-refractivity contribution is -0.117. The summed E-state index contributed by atoms with van der Waals surface area (Å²) in [4.78, 5) is 12.5. The predicted octanol–water partition coefficient (Wildman–Crippen LogP) is 2.79. The van der Waals surface area contributed by atoms with E-state index in [1.807, 2.05) is 24.3 Å². The van der Waals surface area contributed by atoms with Crippen LogP contribution in [-0.4, -0.2) is 17.8 Å². The minimum atomic E-state index is -0.415. The monoisotopic (exact) mass is 297 g/mol. The number of carbonyl (C=O) groups excluding carboxylic acids is 1. The molecule has 4 rings (SSSR count). The Hall–Kier alpha value is -2.69. The first kappa shape index (κ1) is 13.0. The van der Waals surface area contributed by atoms with Crippen LogP contribution in [0.3, 0.4) is 0 Å². The number of nitrogens with one attached hydrogen (secondary N) is 1. The van der Waals surface area contributed by atoms with E-state index in [2.05, 4.69) is 5.32 Å². The fraction of sp³-hybridized carbons (Fsp3) is 0.235. The summed E-state index contributed by atoms with van der Waals surface area (Å²) in [6.45, 7) is 0.139. The van der Waals surface area contributed by atoms with Crippen LogP contribution >= 0.6 is 0 Å². The molecule has 0 saturated carbocycles. The molecule has 0 saturated heterocycles. The van der Waals surface area contributed by atoms with Gasteiger partial charge in [-0.3, -0.25) is 4.79 Å². The van der Waals surface area contributed by atoms with Gasteiger partial charge in [0.15, 0.2) is 11.5 Å². The molecule has 5 nitrogen and oxygen atoms in total. The highest BCUT2D eigenvalue weighted by atomic mass is 16.7. The van der Waals surface area contributed by atoms with Crippen molar-refractivity contribution in [2.24, 2.45) is 0 Å². The molecule has 2 heterocycles. The second-order valence-corrected chi connectivity index (χ2v) is 5.50. The second-order valence-electron chi connectivity index (χ2n) is 5.50. The first-order valence-corrected chi connectivity index (χ1v) is 7.23. The normalized spacial score (nSPS) is 19.3. The summed E-state index contributed by atoms with van der Waals surface area (Å²) in [5.74, 6) is 0.622. The molecule has 1 unspecified atom stereocenters. The Bertz CT molecular complexity index is 756. The van der Waals surface area contributed by atoms with Gasteiger partial charge >= 0.3 is 0 Å². The molecule has 2 aliphatic rings. The summed E-state index contributed by atoms with van der Waals surface area (Å²) in [6.07, 6.45) is 1.41. The average molecular weight is 297 g/mol. The lowest BCUT2D eigenvalue weighted by Gasteiger charge is -2.15. The van der Waals surface area contributed by atoms with Gasteiger partial charge in [0.1, 0.15) is 5.75 Å². The van der Waals surface area contributed by atoms with Gasteiger partial charge < -0.3 is 19.9 Å². The van der Waals surface area contributed by atoms with E-state index in [1.165, 1.54) is 6.07 Å². The van der Waals surface area contributed by atoms with Crippen LogP contribution in [0.2, 0.25) is 0 Å². The number of rotatable bonds is 1. The fourth-order valence-electron chi connectivity index (χ4n) is 3.03. The van der Waals surface area contributed by atoms with E-state index >= 15 is 0 Å². The van der Waals surface area contributed by atoms with Crippen LogP contribution in [0.5, 0.6) is 17.2 Å². The number of aromatic hydroxyl groups is 1. The second kappa shape index (κ2) is 4.94. The van der Waals surface area contributed by atoms with Crippen molar-refractivity contribution in [2.45, 2.75) is 18.8 Å². The van der Waals surface area contributed by atoms with Crippen molar-refractivity contribution in [3.8, 4) is 17.2 Å². The maximum atomic E-state index is 12.5. The molecule has 0 aliphatic carbocycles. The molecule has 0 aromatic heterocycles. The number of carbonyl (C=O) groups is 1. The standard InChI is InChI=1S/C17H15NO4/c19-14-8-16-15(21-9-22-16)7-12(14)11-6-5-10-3-1-2-4-13(10)18-17(11)20/h1-4,7-8,11,19H,5-6,9H2,(H,18,20). The van der Waals surface area contributed by atoms with Crippen molar-refractivity contribution >= 4 is 11.6 Å². The number of phenolic OH excluding ortho intramolecular Hbond substituents is 1. The predicted molar refractivity (Wildman–Crippen MR) is 80.4 cm³/mol. The summed E-state index contributed by atoms with van der Waals surface area (Å²) in [6, 6.07) is 11.0. The third kappa shape index (κ3) is 2.06. The highest BCUT2D eigenvalue weighted by Crippen LogP contribution is 2.42. The summed E-state index contributed by atoms with van der Waals surface area (Å²) in [7, 11) is 0. The van der Waals surface area contributed by atoms with Crippen molar-refractivity contribution in [1.29, 1.82) is 0 Å². The van der Waals surface area contributed by atoms with Crippen molar-refractivity contribution in [3.63, 3.8) is 0 Å². The number of benzene rings is 2. The number of fused-ring (bicyclic) bond motifs is 2. The van der Waals surface area contributed by atoms with Gasteiger partial charge in [-0.05, 0) is 30.5 Å². The summed E-state index contributed by atoms with van der Waals surface area (Å²) in [5, 5.41) is 13.2. The molecule has 0 radical (unpaired) electrons. The summed E-state index contributed by atoms with van der Waals surface area (Å²) in [5.41, 5.74) is 2.53. The topological polar surface area (TPSA) is 67.8 Å². The number of amides is 1. The van der Waals surface area contributed by atoms with E-state index in [9.17, 15) is 9.90 Å². The third-order valence-corrected chi connectivity index (χ3v) is 4.19. The maximum absolute atomic E-state index is 12.5. The summed E-state index contributed by atoms with van der Waals surface area (Å²) >= 11 is 0. The van der Waals surface area contributed by atoms with E-state index in [-0.39, 0.29) is 18.4 Å². The molecule has 0 spiro atoms. The molecule has 0 bridgehead atoms. The van der Waals surface area contributed by atoms with E-state index < -0.39 is 5.92 Å². The number of aryl methyl sites for hydroxylation is 1. The Morgan fingerprint density at radius 1 is 1.14 bits per heavy atom. The molecular formula is C17H15NO4. The molecule has 0 fully saturated rings. The molecule has 2 N–H and O–H groups in total. The van der Waals surface area contributed by atoms with Gasteiger partial charge in [0, 0.05) is 17.3 Å². The fourth-order valence-corrected chi connectivity index (χ4v) is 3.03. The van der Waals surface area contributed by atoms with Gasteiger partial charge in [-0.1, -0.05) is 18.2 Å². The van der Waals surface area contributed by atoms with Gasteiger partial charge in [0.05, 0.1) is 5.92 Å². The lowest BCUT2D eigenvalue weighted by Crippen LogP contribution is -2.19. The number of hydrogen-bond acceptors (Lipinski definition) is 4. The van der Waals surface area contributed by atoms with Crippen LogP contribution in [0.1, 0.15) is 23.5 Å². The SMILES string of the molecule is O=C1Nc2ccccc2CCC1c1cc2c(cc1O)OCO2. The molecule has 5 heteroatoms. The van der Waals surface area contributed by atoms with Gasteiger partial charge in [0.2, 0.25) is 12.7 Å². The van der Waals surface area contributed by atoms with Crippen LogP contribution < -0.4 is 14.8 Å². The van der Waals surface area contributed by atoms with E-state index in [0.717, 1.165) is 17.7 Å². The Morgan fingerprint density at radius 2 is 1.91 bits per heavy atom. The van der Waals surface area contributed by atoms with Crippen molar-refractivity contribution < 1.29 is 19.4 Å². The van der Waals surface area contributed by atoms with E-state index in [4.69, 9.17) is 9.47 Å². The number of phenols is 1. The summed E-state index contributed by atoms with van der Waals surface area (Å²) < 4.78 is 10.6. The van der Waals surface area contributed by atoms with Gasteiger partial charge in [-0.25, -0.2) is 0 Å². The number of anilines is 1. The van der Waals surface area contributed by atoms with E-state index in [0.29, 0.717) is 23.5 Å². The lowest BCUT2D eigenvalue weighted by atomic mass is 9.92. The third-order valence-electron chi connectivity index (χ3n) is 4.19. The zero-order valence-corrected chi connectivity index (χ0v) is 11.8. The van der Waals surface area contributed by atoms with Gasteiger partial charge in [-0.15, -0.1) is 0 Å². The minimum Gasteiger partial charge on any atom is -0.508 e. The molecule has 1 atom stereocenters. The Balaban J connectivity index is 1.71. The van der Waals surface area contributed by atoms with Crippen molar-refractivity contribution in [2.75, 3.05) is 12.1 Å². The van der Waals surface area contributed by atoms with E-state index in [1.54, 1.807) is 6.07 Å². The molecule has 2 aliphatic heterocycles. The Labute approximate surface area is 127 Å². The average Bonchev–Trinajstić information content (AvgIpc) is 2.88. The highest BCUT2D eigenvalue weighted by molar-refractivity contribution is 5.97. The first-order chi connectivity index (χ1) is 10.7. The largest absolute Gasteiger partial charge is 0.508 e. The van der Waals surface area contributed by atoms with Crippen LogP contribution in [0.15, 0.2) is 36.4 Å².